The van der Waals surface area contributed by atoms with E-state index in [0.717, 1.165) is 0 Å². The Labute approximate surface area is 68.1 Å². The number of ether oxygens (including phenoxy) is 1. The molecular formula is C8H17NO2. The summed E-state index contributed by atoms with van der Waals surface area (Å²) in [5.74, 6) is -0.181. The number of nitrogens with one attached hydrogen (secondary N) is 1. The van der Waals surface area contributed by atoms with E-state index in [0.29, 0.717) is 0 Å². The highest BCUT2D eigenvalue weighted by atomic mass is 16.5. The molecule has 1 N–H and O–H groups in total. The van der Waals surface area contributed by atoms with Gasteiger partial charge in [-0.2, -0.15) is 0 Å². The first-order chi connectivity index (χ1) is 4.96. The number of methoxy groups -OCH3 is 1. The van der Waals surface area contributed by atoms with E-state index in [9.17, 15) is 4.79 Å². The number of esters is 1. The van der Waals surface area contributed by atoms with E-state index in [1.165, 1.54) is 7.11 Å². The number of hydrogen-bond donors (Lipinski definition) is 1. The fraction of sp³-hybridized carbons (Fsp3) is 0.875. The summed E-state index contributed by atoms with van der Waals surface area (Å²) in [6, 6.07) is 0.120. The Morgan fingerprint density at radius 3 is 2.27 bits per heavy atom. The highest BCUT2D eigenvalue weighted by molar-refractivity contribution is 5.76. The molecule has 0 fully saturated rings. The first-order valence-electron chi connectivity index (χ1n) is 3.72. The molecule has 66 valence electrons. The standard InChI is InChI=1S/C8H17NO2/c1-6(9-4)8(2,3)7(10)11-5/h6,9H,1-5H3. The van der Waals surface area contributed by atoms with Crippen LogP contribution < -0.4 is 5.32 Å². The molecule has 0 radical (unpaired) electrons. The fourth-order valence-electron chi connectivity index (χ4n) is 0.801. The lowest BCUT2D eigenvalue weighted by Crippen LogP contribution is -2.43. The molecule has 1 atom stereocenters. The van der Waals surface area contributed by atoms with Crippen LogP contribution in [0.1, 0.15) is 20.8 Å². The Kier molecular flexibility index (Phi) is 3.52. The van der Waals surface area contributed by atoms with Crippen molar-refractivity contribution in [3.05, 3.63) is 0 Å². The maximum Gasteiger partial charge on any atom is 0.312 e. The van der Waals surface area contributed by atoms with Crippen LogP contribution in [-0.2, 0) is 9.53 Å². The van der Waals surface area contributed by atoms with Crippen LogP contribution in [0.5, 0.6) is 0 Å². The van der Waals surface area contributed by atoms with Crippen molar-refractivity contribution in [1.29, 1.82) is 0 Å². The van der Waals surface area contributed by atoms with Gasteiger partial charge in [0.2, 0.25) is 0 Å². The van der Waals surface area contributed by atoms with Gasteiger partial charge in [-0.05, 0) is 27.8 Å². The Hall–Kier alpha value is -0.570. The van der Waals surface area contributed by atoms with Gasteiger partial charge in [0.25, 0.3) is 0 Å². The van der Waals surface area contributed by atoms with Gasteiger partial charge in [0.1, 0.15) is 0 Å². The maximum absolute atomic E-state index is 11.2. The molecule has 3 heteroatoms. The zero-order valence-electron chi connectivity index (χ0n) is 7.89. The minimum Gasteiger partial charge on any atom is -0.469 e. The van der Waals surface area contributed by atoms with Crippen LogP contribution >= 0.6 is 0 Å². The van der Waals surface area contributed by atoms with Gasteiger partial charge in [-0.3, -0.25) is 4.79 Å². The van der Waals surface area contributed by atoms with Gasteiger partial charge in [0.15, 0.2) is 0 Å². The van der Waals surface area contributed by atoms with Gasteiger partial charge in [-0.25, -0.2) is 0 Å². The quantitative estimate of drug-likeness (QED) is 0.619. The lowest BCUT2D eigenvalue weighted by atomic mass is 9.86. The second kappa shape index (κ2) is 3.72. The summed E-state index contributed by atoms with van der Waals surface area (Å²) >= 11 is 0. The molecule has 0 aromatic heterocycles. The maximum atomic E-state index is 11.2. The molecule has 11 heavy (non-hydrogen) atoms. The molecule has 0 aliphatic rings. The molecule has 0 aliphatic carbocycles. The van der Waals surface area contributed by atoms with Crippen LogP contribution in [0, 0.1) is 5.41 Å². The Bertz CT molecular complexity index is 143. The zero-order valence-corrected chi connectivity index (χ0v) is 7.89. The third-order valence-electron chi connectivity index (χ3n) is 2.23. The highest BCUT2D eigenvalue weighted by Gasteiger charge is 2.33. The summed E-state index contributed by atoms with van der Waals surface area (Å²) in [4.78, 5) is 11.2. The van der Waals surface area contributed by atoms with Crippen LogP contribution in [-0.4, -0.2) is 26.2 Å². The van der Waals surface area contributed by atoms with Crippen molar-refractivity contribution in [2.24, 2.45) is 5.41 Å². The second-order valence-corrected chi connectivity index (χ2v) is 3.22. The number of hydrogen-bond acceptors (Lipinski definition) is 3. The predicted molar refractivity (Wildman–Crippen MR) is 44.3 cm³/mol. The Morgan fingerprint density at radius 1 is 1.55 bits per heavy atom. The zero-order chi connectivity index (χ0) is 9.07. The fourth-order valence-corrected chi connectivity index (χ4v) is 0.801. The summed E-state index contributed by atoms with van der Waals surface area (Å²) in [6.07, 6.45) is 0. The Morgan fingerprint density at radius 2 is 2.00 bits per heavy atom. The molecule has 3 nitrogen and oxygen atoms in total. The lowest BCUT2D eigenvalue weighted by Gasteiger charge is -2.28. The Balaban J connectivity index is 4.31. The molecular weight excluding hydrogens is 142 g/mol. The molecule has 1 unspecified atom stereocenters. The van der Waals surface area contributed by atoms with Crippen LogP contribution in [0.3, 0.4) is 0 Å². The third-order valence-corrected chi connectivity index (χ3v) is 2.23. The molecule has 0 aliphatic heterocycles. The number of rotatable bonds is 3. The van der Waals surface area contributed by atoms with Crippen LogP contribution in [0.25, 0.3) is 0 Å². The minimum absolute atomic E-state index is 0.120. The molecule has 0 aromatic carbocycles. The summed E-state index contributed by atoms with van der Waals surface area (Å²) in [7, 11) is 3.24. The topological polar surface area (TPSA) is 38.3 Å². The average Bonchev–Trinajstić information content (AvgIpc) is 2.01. The summed E-state index contributed by atoms with van der Waals surface area (Å²) < 4.78 is 4.66. The van der Waals surface area contributed by atoms with Gasteiger partial charge in [0.05, 0.1) is 12.5 Å². The molecule has 0 saturated carbocycles. The summed E-state index contributed by atoms with van der Waals surface area (Å²) in [6.45, 7) is 5.68. The van der Waals surface area contributed by atoms with Gasteiger partial charge >= 0.3 is 5.97 Å². The lowest BCUT2D eigenvalue weighted by molar-refractivity contribution is -0.152. The van der Waals surface area contributed by atoms with Crippen molar-refractivity contribution >= 4 is 5.97 Å². The van der Waals surface area contributed by atoms with Gasteiger partial charge < -0.3 is 10.1 Å². The molecule has 0 amide bonds. The summed E-state index contributed by atoms with van der Waals surface area (Å²) in [5.41, 5.74) is -0.455. The largest absolute Gasteiger partial charge is 0.469 e. The van der Waals surface area contributed by atoms with E-state index >= 15 is 0 Å². The van der Waals surface area contributed by atoms with Crippen molar-refractivity contribution in [2.45, 2.75) is 26.8 Å². The van der Waals surface area contributed by atoms with E-state index in [4.69, 9.17) is 0 Å². The van der Waals surface area contributed by atoms with E-state index in [-0.39, 0.29) is 12.0 Å². The first kappa shape index (κ1) is 10.4. The smallest absolute Gasteiger partial charge is 0.312 e. The third kappa shape index (κ3) is 2.19. The SMILES string of the molecule is CNC(C)C(C)(C)C(=O)OC. The van der Waals surface area contributed by atoms with E-state index in [1.54, 1.807) is 0 Å². The van der Waals surface area contributed by atoms with Crippen molar-refractivity contribution in [3.63, 3.8) is 0 Å². The minimum atomic E-state index is -0.455. The molecule has 0 rings (SSSR count). The van der Waals surface area contributed by atoms with Crippen molar-refractivity contribution in [3.8, 4) is 0 Å². The van der Waals surface area contributed by atoms with Gasteiger partial charge in [-0.15, -0.1) is 0 Å². The van der Waals surface area contributed by atoms with Crippen LogP contribution in [0.2, 0.25) is 0 Å². The van der Waals surface area contributed by atoms with Crippen molar-refractivity contribution < 1.29 is 9.53 Å². The molecule has 0 saturated heterocycles. The monoisotopic (exact) mass is 159 g/mol. The molecule has 0 bridgehead atoms. The van der Waals surface area contributed by atoms with Crippen LogP contribution in [0.15, 0.2) is 0 Å². The van der Waals surface area contributed by atoms with E-state index in [2.05, 4.69) is 10.1 Å². The average molecular weight is 159 g/mol. The number of carbonyl (C=O) groups excluding carboxylic acids is 1. The van der Waals surface area contributed by atoms with Crippen molar-refractivity contribution in [1.82, 2.24) is 5.32 Å². The molecule has 0 spiro atoms. The normalized spacial score (nSPS) is 14.3. The number of carbonyl (C=O) groups is 1. The predicted octanol–water partition coefficient (Wildman–Crippen LogP) is 0.793. The second-order valence-electron chi connectivity index (χ2n) is 3.22. The summed E-state index contributed by atoms with van der Waals surface area (Å²) in [5, 5.41) is 3.02. The first-order valence-corrected chi connectivity index (χ1v) is 3.72. The van der Waals surface area contributed by atoms with E-state index < -0.39 is 5.41 Å². The van der Waals surface area contributed by atoms with Gasteiger partial charge in [0, 0.05) is 6.04 Å². The molecule has 0 heterocycles. The highest BCUT2D eigenvalue weighted by Crippen LogP contribution is 2.21. The van der Waals surface area contributed by atoms with Crippen molar-refractivity contribution in [2.75, 3.05) is 14.2 Å². The van der Waals surface area contributed by atoms with Gasteiger partial charge in [-0.1, -0.05) is 0 Å². The van der Waals surface area contributed by atoms with E-state index in [1.807, 2.05) is 27.8 Å². The van der Waals surface area contributed by atoms with Crippen LogP contribution in [0.4, 0.5) is 0 Å². The molecule has 0 aromatic rings.